The molecule has 1 heterocycles. The Kier molecular flexibility index (Phi) is 5.85. The molecule has 31 heavy (non-hydrogen) atoms. The topological polar surface area (TPSA) is 59.8 Å². The number of nitrogens with zero attached hydrogens (tertiary/aromatic N) is 1. The Morgan fingerprint density at radius 2 is 1.71 bits per heavy atom. The van der Waals surface area contributed by atoms with Crippen LogP contribution in [0.1, 0.15) is 27.0 Å². The van der Waals surface area contributed by atoms with Gasteiger partial charge < -0.3 is 14.1 Å². The molecule has 0 saturated heterocycles. The van der Waals surface area contributed by atoms with Crippen LogP contribution < -0.4 is 10.2 Å². The average molecular weight is 413 g/mol. The minimum Gasteiger partial charge on any atom is -0.496 e. The molecule has 0 radical (unpaired) electrons. The van der Waals surface area contributed by atoms with Gasteiger partial charge in [0.2, 0.25) is 0 Å². The van der Waals surface area contributed by atoms with E-state index in [0.29, 0.717) is 34.4 Å². The van der Waals surface area contributed by atoms with Crippen molar-refractivity contribution in [2.75, 3.05) is 7.11 Å². The van der Waals surface area contributed by atoms with E-state index in [1.807, 2.05) is 55.5 Å². The SMILES string of the molecule is COc1ccccc1C(=O)N(Cc1ccccc1)Cc1coc2ccc(C)cc2c1=O. The van der Waals surface area contributed by atoms with Crippen molar-refractivity contribution < 1.29 is 13.9 Å². The number of benzene rings is 3. The van der Waals surface area contributed by atoms with Crippen molar-refractivity contribution in [2.45, 2.75) is 20.0 Å². The van der Waals surface area contributed by atoms with Crippen LogP contribution in [0.3, 0.4) is 0 Å². The number of hydrogen-bond donors (Lipinski definition) is 0. The molecule has 0 bridgehead atoms. The fourth-order valence-electron chi connectivity index (χ4n) is 3.59. The summed E-state index contributed by atoms with van der Waals surface area (Å²) in [6.07, 6.45) is 1.45. The van der Waals surface area contributed by atoms with Crippen molar-refractivity contribution in [3.63, 3.8) is 0 Å². The number of amides is 1. The van der Waals surface area contributed by atoms with Crippen molar-refractivity contribution >= 4 is 16.9 Å². The summed E-state index contributed by atoms with van der Waals surface area (Å²) in [6.45, 7) is 2.40. The normalized spacial score (nSPS) is 10.8. The number of methoxy groups -OCH3 is 1. The summed E-state index contributed by atoms with van der Waals surface area (Å²) >= 11 is 0. The molecule has 0 aliphatic heterocycles. The number of rotatable bonds is 6. The zero-order valence-corrected chi connectivity index (χ0v) is 17.5. The average Bonchev–Trinajstić information content (AvgIpc) is 2.81. The third kappa shape index (κ3) is 4.36. The molecule has 3 aromatic carbocycles. The maximum atomic E-state index is 13.5. The molecule has 5 heteroatoms. The molecule has 0 aliphatic rings. The van der Waals surface area contributed by atoms with Gasteiger partial charge in [-0.2, -0.15) is 0 Å². The number of fused-ring (bicyclic) bond motifs is 1. The lowest BCUT2D eigenvalue weighted by Gasteiger charge is -2.23. The molecule has 5 nitrogen and oxygen atoms in total. The number of hydrogen-bond acceptors (Lipinski definition) is 4. The summed E-state index contributed by atoms with van der Waals surface area (Å²) in [5, 5.41) is 0.516. The second kappa shape index (κ2) is 8.88. The minimum atomic E-state index is -0.218. The largest absolute Gasteiger partial charge is 0.496 e. The third-order valence-corrected chi connectivity index (χ3v) is 5.20. The van der Waals surface area contributed by atoms with Gasteiger partial charge in [-0.25, -0.2) is 0 Å². The fraction of sp³-hybridized carbons (Fsp3) is 0.154. The molecule has 1 aromatic heterocycles. The van der Waals surface area contributed by atoms with E-state index in [1.165, 1.54) is 13.4 Å². The summed E-state index contributed by atoms with van der Waals surface area (Å²) in [7, 11) is 1.54. The van der Waals surface area contributed by atoms with Crippen molar-refractivity contribution in [3.05, 3.63) is 112 Å². The van der Waals surface area contributed by atoms with Gasteiger partial charge in [0, 0.05) is 6.54 Å². The Hall–Kier alpha value is -3.86. The second-order valence-electron chi connectivity index (χ2n) is 7.44. The summed E-state index contributed by atoms with van der Waals surface area (Å²) in [5.74, 6) is 0.275. The van der Waals surface area contributed by atoms with E-state index in [-0.39, 0.29) is 17.9 Å². The van der Waals surface area contributed by atoms with Crippen LogP contribution in [0.5, 0.6) is 5.75 Å². The number of carbonyl (C=O) groups is 1. The van der Waals surface area contributed by atoms with Gasteiger partial charge in [-0.15, -0.1) is 0 Å². The highest BCUT2D eigenvalue weighted by molar-refractivity contribution is 5.97. The van der Waals surface area contributed by atoms with Crippen molar-refractivity contribution in [1.82, 2.24) is 4.90 Å². The van der Waals surface area contributed by atoms with E-state index in [2.05, 4.69) is 0 Å². The Morgan fingerprint density at radius 1 is 0.968 bits per heavy atom. The standard InChI is InChI=1S/C26H23NO4/c1-18-12-13-24-22(14-18)25(28)20(17-31-24)16-27(15-19-8-4-3-5-9-19)26(29)21-10-6-7-11-23(21)30-2/h3-14,17H,15-16H2,1-2H3. The van der Waals surface area contributed by atoms with Gasteiger partial charge in [0.1, 0.15) is 11.3 Å². The highest BCUT2D eigenvalue weighted by atomic mass is 16.5. The first-order valence-electron chi connectivity index (χ1n) is 10.0. The van der Waals surface area contributed by atoms with Crippen LogP contribution in [-0.2, 0) is 13.1 Å². The van der Waals surface area contributed by atoms with E-state index in [9.17, 15) is 9.59 Å². The van der Waals surface area contributed by atoms with Gasteiger partial charge in [0.15, 0.2) is 5.43 Å². The first-order chi connectivity index (χ1) is 15.1. The van der Waals surface area contributed by atoms with Crippen LogP contribution in [0.4, 0.5) is 0 Å². The van der Waals surface area contributed by atoms with Crippen LogP contribution in [0.2, 0.25) is 0 Å². The second-order valence-corrected chi connectivity index (χ2v) is 7.44. The lowest BCUT2D eigenvalue weighted by Crippen LogP contribution is -2.32. The van der Waals surface area contributed by atoms with E-state index < -0.39 is 0 Å². The fourth-order valence-corrected chi connectivity index (χ4v) is 3.59. The van der Waals surface area contributed by atoms with Crippen LogP contribution in [0, 0.1) is 6.92 Å². The lowest BCUT2D eigenvalue weighted by molar-refractivity contribution is 0.0725. The van der Waals surface area contributed by atoms with Crippen molar-refractivity contribution in [3.8, 4) is 5.75 Å². The molecular formula is C26H23NO4. The van der Waals surface area contributed by atoms with Gasteiger partial charge in [-0.1, -0.05) is 54.1 Å². The molecule has 1 amide bonds. The van der Waals surface area contributed by atoms with Gasteiger partial charge in [0.05, 0.1) is 36.4 Å². The Bertz CT molecular complexity index is 1280. The first kappa shape index (κ1) is 20.4. The molecule has 156 valence electrons. The molecule has 0 unspecified atom stereocenters. The zero-order chi connectivity index (χ0) is 21.8. The van der Waals surface area contributed by atoms with Crippen LogP contribution in [0.25, 0.3) is 11.0 Å². The molecule has 0 fully saturated rings. The highest BCUT2D eigenvalue weighted by Crippen LogP contribution is 2.22. The number of carbonyl (C=O) groups excluding carboxylic acids is 1. The van der Waals surface area contributed by atoms with Crippen molar-refractivity contribution in [1.29, 1.82) is 0 Å². The summed E-state index contributed by atoms with van der Waals surface area (Å²) in [6, 6.07) is 22.3. The van der Waals surface area contributed by atoms with Gasteiger partial charge >= 0.3 is 0 Å². The zero-order valence-electron chi connectivity index (χ0n) is 17.5. The maximum absolute atomic E-state index is 13.5. The molecule has 0 spiro atoms. The first-order valence-corrected chi connectivity index (χ1v) is 10.0. The monoisotopic (exact) mass is 413 g/mol. The van der Waals surface area contributed by atoms with Gasteiger partial charge in [-0.3, -0.25) is 9.59 Å². The molecule has 0 aliphatic carbocycles. The third-order valence-electron chi connectivity index (χ3n) is 5.20. The predicted molar refractivity (Wildman–Crippen MR) is 120 cm³/mol. The van der Waals surface area contributed by atoms with Gasteiger partial charge in [-0.05, 0) is 36.8 Å². The van der Waals surface area contributed by atoms with E-state index in [0.717, 1.165) is 11.1 Å². The molecule has 0 saturated carbocycles. The minimum absolute atomic E-state index is 0.123. The predicted octanol–water partition coefficient (Wildman–Crippen LogP) is 4.95. The van der Waals surface area contributed by atoms with Crippen LogP contribution in [-0.4, -0.2) is 17.9 Å². The van der Waals surface area contributed by atoms with E-state index >= 15 is 0 Å². The number of para-hydroxylation sites is 1. The number of aryl methyl sites for hydroxylation is 1. The molecule has 4 aromatic rings. The Balaban J connectivity index is 1.74. The lowest BCUT2D eigenvalue weighted by atomic mass is 10.1. The Labute approximate surface area is 180 Å². The Morgan fingerprint density at radius 3 is 2.48 bits per heavy atom. The van der Waals surface area contributed by atoms with Gasteiger partial charge in [0.25, 0.3) is 5.91 Å². The van der Waals surface area contributed by atoms with Crippen molar-refractivity contribution in [2.24, 2.45) is 0 Å². The van der Waals surface area contributed by atoms with Crippen LogP contribution in [0.15, 0.2) is 88.3 Å². The molecular weight excluding hydrogens is 390 g/mol. The smallest absolute Gasteiger partial charge is 0.258 e. The summed E-state index contributed by atoms with van der Waals surface area (Å²) < 4.78 is 11.1. The van der Waals surface area contributed by atoms with E-state index in [4.69, 9.17) is 9.15 Å². The summed E-state index contributed by atoms with van der Waals surface area (Å²) in [5.41, 5.74) is 3.22. The summed E-state index contributed by atoms with van der Waals surface area (Å²) in [4.78, 5) is 28.2. The maximum Gasteiger partial charge on any atom is 0.258 e. The van der Waals surface area contributed by atoms with Crippen LogP contribution >= 0.6 is 0 Å². The number of ether oxygens (including phenoxy) is 1. The van der Waals surface area contributed by atoms with E-state index in [1.54, 1.807) is 29.2 Å². The molecule has 4 rings (SSSR count). The highest BCUT2D eigenvalue weighted by Gasteiger charge is 2.22. The quantitative estimate of drug-likeness (QED) is 0.449. The molecule has 0 N–H and O–H groups in total. The molecule has 0 atom stereocenters.